The van der Waals surface area contributed by atoms with E-state index in [0.29, 0.717) is 19.8 Å². The van der Waals surface area contributed by atoms with Gasteiger partial charge in [-0.2, -0.15) is 0 Å². The zero-order valence-electron chi connectivity index (χ0n) is 11.7. The summed E-state index contributed by atoms with van der Waals surface area (Å²) >= 11 is 0. The van der Waals surface area contributed by atoms with Gasteiger partial charge in [0, 0.05) is 6.54 Å². The van der Waals surface area contributed by atoms with Gasteiger partial charge in [-0.3, -0.25) is 0 Å². The Morgan fingerprint density at radius 2 is 2.42 bits per heavy atom. The third kappa shape index (κ3) is 5.35. The first-order chi connectivity index (χ1) is 9.24. The van der Waals surface area contributed by atoms with E-state index in [9.17, 15) is 5.11 Å². The number of hydrogen-bond donors (Lipinski definition) is 2. The van der Waals surface area contributed by atoms with E-state index in [1.165, 1.54) is 19.3 Å². The van der Waals surface area contributed by atoms with Crippen LogP contribution in [0.4, 0.5) is 0 Å². The maximum atomic E-state index is 9.79. The summed E-state index contributed by atoms with van der Waals surface area (Å²) in [6.45, 7) is 4.69. The molecule has 1 aliphatic rings. The number of furan rings is 1. The van der Waals surface area contributed by atoms with E-state index in [-0.39, 0.29) is 0 Å². The van der Waals surface area contributed by atoms with Crippen molar-refractivity contribution in [2.45, 2.75) is 38.9 Å². The second kappa shape index (κ2) is 7.68. The van der Waals surface area contributed by atoms with Crippen LogP contribution in [0, 0.1) is 11.8 Å². The van der Waals surface area contributed by atoms with E-state index < -0.39 is 6.10 Å². The van der Waals surface area contributed by atoms with Gasteiger partial charge in [0.1, 0.15) is 12.4 Å². The summed E-state index contributed by atoms with van der Waals surface area (Å²) in [5, 5.41) is 13.1. The fourth-order valence-corrected chi connectivity index (χ4v) is 2.71. The molecule has 0 amide bonds. The first-order valence-corrected chi connectivity index (χ1v) is 7.23. The second-order valence-electron chi connectivity index (χ2n) is 5.69. The Balaban J connectivity index is 1.49. The lowest BCUT2D eigenvalue weighted by molar-refractivity contribution is 0.0224. The van der Waals surface area contributed by atoms with Crippen LogP contribution in [0.3, 0.4) is 0 Å². The van der Waals surface area contributed by atoms with Crippen LogP contribution in [0.2, 0.25) is 0 Å². The molecule has 2 N–H and O–H groups in total. The summed E-state index contributed by atoms with van der Waals surface area (Å²) in [5.41, 5.74) is 0. The summed E-state index contributed by atoms with van der Waals surface area (Å²) in [6.07, 6.45) is 5.16. The average molecular weight is 267 g/mol. The molecule has 1 heterocycles. The first-order valence-electron chi connectivity index (χ1n) is 7.23. The van der Waals surface area contributed by atoms with Crippen molar-refractivity contribution in [1.29, 1.82) is 0 Å². The molecule has 4 heteroatoms. The van der Waals surface area contributed by atoms with Gasteiger partial charge in [-0.1, -0.05) is 13.3 Å². The fraction of sp³-hybridized carbons (Fsp3) is 0.733. The molecule has 3 atom stereocenters. The first kappa shape index (κ1) is 14.6. The molecule has 1 aromatic heterocycles. The fourth-order valence-electron chi connectivity index (χ4n) is 2.71. The van der Waals surface area contributed by atoms with E-state index in [4.69, 9.17) is 9.15 Å². The molecule has 0 aromatic carbocycles. The maximum Gasteiger partial charge on any atom is 0.129 e. The number of aliphatic hydroxyl groups is 1. The highest BCUT2D eigenvalue weighted by Crippen LogP contribution is 2.29. The van der Waals surface area contributed by atoms with Crippen LogP contribution in [0.1, 0.15) is 31.9 Å². The molecule has 1 saturated carbocycles. The minimum atomic E-state index is -0.450. The van der Waals surface area contributed by atoms with E-state index in [2.05, 4.69) is 12.2 Å². The Morgan fingerprint density at radius 1 is 1.53 bits per heavy atom. The van der Waals surface area contributed by atoms with Crippen molar-refractivity contribution in [3.8, 4) is 0 Å². The van der Waals surface area contributed by atoms with Gasteiger partial charge in [-0.15, -0.1) is 0 Å². The van der Waals surface area contributed by atoms with Crippen LogP contribution in [0.15, 0.2) is 22.8 Å². The highest BCUT2D eigenvalue weighted by molar-refractivity contribution is 4.96. The van der Waals surface area contributed by atoms with Crippen molar-refractivity contribution in [2.75, 3.05) is 19.7 Å². The molecule has 3 unspecified atom stereocenters. The Bertz CT molecular complexity index is 339. The largest absolute Gasteiger partial charge is 0.467 e. The van der Waals surface area contributed by atoms with E-state index >= 15 is 0 Å². The quantitative estimate of drug-likeness (QED) is 0.758. The van der Waals surface area contributed by atoms with Gasteiger partial charge in [-0.25, -0.2) is 0 Å². The summed E-state index contributed by atoms with van der Waals surface area (Å²) in [4.78, 5) is 0. The van der Waals surface area contributed by atoms with Gasteiger partial charge < -0.3 is 19.6 Å². The number of hydrogen-bond acceptors (Lipinski definition) is 4. The van der Waals surface area contributed by atoms with Crippen LogP contribution in [0.5, 0.6) is 0 Å². The molecule has 1 fully saturated rings. The Hall–Kier alpha value is -0.840. The van der Waals surface area contributed by atoms with Crippen molar-refractivity contribution in [2.24, 2.45) is 11.8 Å². The summed E-state index contributed by atoms with van der Waals surface area (Å²) in [5.74, 6) is 2.44. The smallest absolute Gasteiger partial charge is 0.129 e. The standard InChI is InChI=1S/C15H25NO3/c1-12-4-5-13(7-12)8-16-9-14(17)10-18-11-15-3-2-6-19-15/h2-3,6,12-14,16-17H,4-5,7-11H2,1H3. The zero-order chi connectivity index (χ0) is 13.5. The van der Waals surface area contributed by atoms with Crippen molar-refractivity contribution in [3.63, 3.8) is 0 Å². The van der Waals surface area contributed by atoms with Crippen molar-refractivity contribution >= 4 is 0 Å². The zero-order valence-corrected chi connectivity index (χ0v) is 11.7. The molecule has 0 bridgehead atoms. The number of nitrogens with one attached hydrogen (secondary N) is 1. The Morgan fingerprint density at radius 3 is 3.11 bits per heavy atom. The lowest BCUT2D eigenvalue weighted by atomic mass is 10.1. The minimum Gasteiger partial charge on any atom is -0.467 e. The molecule has 0 spiro atoms. The van der Waals surface area contributed by atoms with Gasteiger partial charge >= 0.3 is 0 Å². The van der Waals surface area contributed by atoms with E-state index in [1.54, 1.807) is 6.26 Å². The topological polar surface area (TPSA) is 54.6 Å². The molecule has 1 aliphatic carbocycles. The SMILES string of the molecule is CC1CCC(CNCC(O)COCc2ccco2)C1. The van der Waals surface area contributed by atoms with Crippen LogP contribution < -0.4 is 5.32 Å². The predicted molar refractivity (Wildman–Crippen MR) is 73.7 cm³/mol. The summed E-state index contributed by atoms with van der Waals surface area (Å²) in [6, 6.07) is 3.70. The predicted octanol–water partition coefficient (Wildman–Crippen LogP) is 2.18. The molecule has 1 aromatic rings. The molecular formula is C15H25NO3. The van der Waals surface area contributed by atoms with Crippen LogP contribution in [-0.2, 0) is 11.3 Å². The highest BCUT2D eigenvalue weighted by atomic mass is 16.5. The molecule has 0 aliphatic heterocycles. The van der Waals surface area contributed by atoms with Crippen LogP contribution in [0.25, 0.3) is 0 Å². The van der Waals surface area contributed by atoms with Crippen LogP contribution in [-0.4, -0.2) is 30.9 Å². The van der Waals surface area contributed by atoms with Gasteiger partial charge in [0.15, 0.2) is 0 Å². The van der Waals surface area contributed by atoms with Crippen molar-refractivity contribution < 1.29 is 14.3 Å². The third-order valence-corrected chi connectivity index (χ3v) is 3.75. The molecule has 19 heavy (non-hydrogen) atoms. The highest BCUT2D eigenvalue weighted by Gasteiger charge is 2.20. The lowest BCUT2D eigenvalue weighted by Crippen LogP contribution is -2.33. The summed E-state index contributed by atoms with van der Waals surface area (Å²) in [7, 11) is 0. The van der Waals surface area contributed by atoms with Gasteiger partial charge in [-0.05, 0) is 43.4 Å². The van der Waals surface area contributed by atoms with Crippen molar-refractivity contribution in [3.05, 3.63) is 24.2 Å². The van der Waals surface area contributed by atoms with Gasteiger partial charge in [0.05, 0.1) is 19.0 Å². The minimum absolute atomic E-state index is 0.342. The maximum absolute atomic E-state index is 9.79. The number of aliphatic hydroxyl groups excluding tert-OH is 1. The van der Waals surface area contributed by atoms with E-state index in [1.807, 2.05) is 12.1 Å². The van der Waals surface area contributed by atoms with Crippen molar-refractivity contribution in [1.82, 2.24) is 5.32 Å². The number of rotatable bonds is 8. The average Bonchev–Trinajstić information content (AvgIpc) is 3.01. The molecule has 4 nitrogen and oxygen atoms in total. The van der Waals surface area contributed by atoms with Gasteiger partial charge in [0.25, 0.3) is 0 Å². The third-order valence-electron chi connectivity index (χ3n) is 3.75. The normalized spacial score (nSPS) is 24.7. The molecular weight excluding hydrogens is 242 g/mol. The number of ether oxygens (including phenoxy) is 1. The Labute approximate surface area is 115 Å². The molecule has 0 saturated heterocycles. The monoisotopic (exact) mass is 267 g/mol. The second-order valence-corrected chi connectivity index (χ2v) is 5.69. The lowest BCUT2D eigenvalue weighted by Gasteiger charge is -2.14. The van der Waals surface area contributed by atoms with Crippen LogP contribution >= 0.6 is 0 Å². The molecule has 2 rings (SSSR count). The summed E-state index contributed by atoms with van der Waals surface area (Å²) < 4.78 is 10.5. The Kier molecular flexibility index (Phi) is 5.89. The molecule has 0 radical (unpaired) electrons. The van der Waals surface area contributed by atoms with E-state index in [0.717, 1.165) is 24.1 Å². The molecule has 108 valence electrons. The van der Waals surface area contributed by atoms with Gasteiger partial charge in [0.2, 0.25) is 0 Å².